The van der Waals surface area contributed by atoms with Gasteiger partial charge < -0.3 is 20.1 Å². The van der Waals surface area contributed by atoms with Gasteiger partial charge in [-0.05, 0) is 57.1 Å². The average molecular weight is 319 g/mol. The predicted octanol–water partition coefficient (Wildman–Crippen LogP) is 1.73. The van der Waals surface area contributed by atoms with Crippen molar-refractivity contribution in [1.82, 2.24) is 9.80 Å². The molecule has 0 radical (unpaired) electrons. The van der Waals surface area contributed by atoms with Crippen LogP contribution in [-0.2, 0) is 0 Å². The van der Waals surface area contributed by atoms with Gasteiger partial charge in [0, 0.05) is 25.7 Å². The molecule has 1 aromatic rings. The Morgan fingerprint density at radius 3 is 2.65 bits per heavy atom. The van der Waals surface area contributed by atoms with Crippen LogP contribution in [0.15, 0.2) is 18.2 Å². The van der Waals surface area contributed by atoms with E-state index < -0.39 is 0 Å². The zero-order valence-electron chi connectivity index (χ0n) is 14.5. The van der Waals surface area contributed by atoms with Gasteiger partial charge in [-0.25, -0.2) is 0 Å². The molecule has 0 amide bonds. The molecule has 0 spiro atoms. The highest BCUT2D eigenvalue weighted by Gasteiger charge is 2.30. The fourth-order valence-corrected chi connectivity index (χ4v) is 3.83. The topological polar surface area (TPSA) is 51.0 Å². The smallest absolute Gasteiger partial charge is 0.161 e. The van der Waals surface area contributed by atoms with Crippen molar-refractivity contribution in [1.29, 1.82) is 0 Å². The highest BCUT2D eigenvalue weighted by Crippen LogP contribution is 2.38. The lowest BCUT2D eigenvalue weighted by Crippen LogP contribution is -2.22. The third-order valence-electron chi connectivity index (χ3n) is 5.18. The molecule has 5 nitrogen and oxygen atoms in total. The Kier molecular flexibility index (Phi) is 5.09. The Bertz CT molecular complexity index is 537. The van der Waals surface area contributed by atoms with Crippen LogP contribution in [0.5, 0.6) is 11.5 Å². The lowest BCUT2D eigenvalue weighted by Gasteiger charge is -2.22. The fourth-order valence-electron chi connectivity index (χ4n) is 3.83. The van der Waals surface area contributed by atoms with Gasteiger partial charge in [-0.15, -0.1) is 0 Å². The van der Waals surface area contributed by atoms with E-state index in [1.54, 1.807) is 7.11 Å². The Balaban J connectivity index is 1.74. The maximum atomic E-state index is 6.15. The molecule has 23 heavy (non-hydrogen) atoms. The largest absolute Gasteiger partial charge is 0.493 e. The van der Waals surface area contributed by atoms with Crippen LogP contribution in [0.1, 0.15) is 24.4 Å². The molecule has 2 N–H and O–H groups in total. The summed E-state index contributed by atoms with van der Waals surface area (Å²) in [6, 6.07) is 6.80. The van der Waals surface area contributed by atoms with Crippen LogP contribution in [0.3, 0.4) is 0 Å². The number of methoxy groups -OCH3 is 1. The number of likely N-dealkylation sites (tertiary alicyclic amines) is 2. The summed E-state index contributed by atoms with van der Waals surface area (Å²) in [5.74, 6) is 2.27. The molecule has 2 aliphatic rings. The summed E-state index contributed by atoms with van der Waals surface area (Å²) in [6.07, 6.45) is 2.45. The molecule has 2 aliphatic heterocycles. The average Bonchev–Trinajstić information content (AvgIpc) is 3.13. The predicted molar refractivity (Wildman–Crippen MR) is 92.1 cm³/mol. The summed E-state index contributed by atoms with van der Waals surface area (Å²) in [4.78, 5) is 4.69. The molecule has 2 fully saturated rings. The van der Waals surface area contributed by atoms with Crippen molar-refractivity contribution in [2.75, 3.05) is 47.4 Å². The van der Waals surface area contributed by atoms with E-state index in [-0.39, 0.29) is 6.10 Å². The molecule has 0 saturated carbocycles. The molecule has 0 bridgehead atoms. The summed E-state index contributed by atoms with van der Waals surface area (Å²) in [7, 11) is 6.02. The number of hydrogen-bond acceptors (Lipinski definition) is 5. The third kappa shape index (κ3) is 3.62. The number of rotatable bonds is 5. The maximum Gasteiger partial charge on any atom is 0.161 e. The van der Waals surface area contributed by atoms with Crippen LogP contribution < -0.4 is 15.2 Å². The molecular weight excluding hydrogens is 290 g/mol. The van der Waals surface area contributed by atoms with Crippen molar-refractivity contribution in [3.8, 4) is 11.5 Å². The molecule has 5 heteroatoms. The van der Waals surface area contributed by atoms with Gasteiger partial charge in [0.05, 0.1) is 7.11 Å². The highest BCUT2D eigenvalue weighted by atomic mass is 16.5. The van der Waals surface area contributed by atoms with E-state index >= 15 is 0 Å². The number of nitrogens with two attached hydrogens (primary N) is 1. The van der Waals surface area contributed by atoms with E-state index in [2.05, 4.69) is 42.1 Å². The van der Waals surface area contributed by atoms with Crippen LogP contribution in [0, 0.1) is 5.92 Å². The maximum absolute atomic E-state index is 6.15. The SMILES string of the molecule is COc1cc(C2CC(CN)CN2C)ccc1OC1CCN(C)C1. The van der Waals surface area contributed by atoms with E-state index in [4.69, 9.17) is 15.2 Å². The van der Waals surface area contributed by atoms with Crippen molar-refractivity contribution in [3.63, 3.8) is 0 Å². The van der Waals surface area contributed by atoms with Crippen molar-refractivity contribution in [2.45, 2.75) is 25.0 Å². The van der Waals surface area contributed by atoms with E-state index in [9.17, 15) is 0 Å². The number of hydrogen-bond donors (Lipinski definition) is 1. The number of nitrogens with zero attached hydrogens (tertiary/aromatic N) is 2. The van der Waals surface area contributed by atoms with Crippen LogP contribution in [-0.4, -0.2) is 63.3 Å². The summed E-state index contributed by atoms with van der Waals surface area (Å²) in [6.45, 7) is 3.90. The van der Waals surface area contributed by atoms with E-state index in [1.807, 2.05) is 0 Å². The van der Waals surface area contributed by atoms with Crippen molar-refractivity contribution in [3.05, 3.63) is 23.8 Å². The van der Waals surface area contributed by atoms with Crippen molar-refractivity contribution >= 4 is 0 Å². The molecule has 3 unspecified atom stereocenters. The standard InChI is InChI=1S/C18H29N3O2/c1-20-7-6-15(12-20)23-17-5-4-14(9-18(17)22-3)16-8-13(10-19)11-21(16)2/h4-5,9,13,15-16H,6-8,10-12,19H2,1-3H3. The van der Waals surface area contributed by atoms with E-state index in [0.29, 0.717) is 12.0 Å². The van der Waals surface area contributed by atoms with Gasteiger partial charge in [0.15, 0.2) is 11.5 Å². The second-order valence-electron chi connectivity index (χ2n) is 6.99. The first-order valence-corrected chi connectivity index (χ1v) is 8.54. The monoisotopic (exact) mass is 319 g/mol. The summed E-state index contributed by atoms with van der Waals surface area (Å²) in [5.41, 5.74) is 7.13. The summed E-state index contributed by atoms with van der Waals surface area (Å²) in [5, 5.41) is 0. The molecule has 3 atom stereocenters. The second kappa shape index (κ2) is 7.07. The number of likely N-dealkylation sites (N-methyl/N-ethyl adjacent to an activating group) is 1. The first-order valence-electron chi connectivity index (χ1n) is 8.54. The van der Waals surface area contributed by atoms with Crippen molar-refractivity contribution in [2.24, 2.45) is 11.7 Å². The van der Waals surface area contributed by atoms with Crippen LogP contribution in [0.2, 0.25) is 0 Å². The van der Waals surface area contributed by atoms with Gasteiger partial charge in [-0.1, -0.05) is 6.07 Å². The third-order valence-corrected chi connectivity index (χ3v) is 5.18. The minimum atomic E-state index is 0.260. The highest BCUT2D eigenvalue weighted by molar-refractivity contribution is 5.44. The quantitative estimate of drug-likeness (QED) is 0.896. The van der Waals surface area contributed by atoms with Gasteiger partial charge in [-0.3, -0.25) is 4.90 Å². The Hall–Kier alpha value is -1.30. The van der Waals surface area contributed by atoms with Crippen LogP contribution in [0.25, 0.3) is 0 Å². The van der Waals surface area contributed by atoms with E-state index in [0.717, 1.165) is 50.5 Å². The Morgan fingerprint density at radius 2 is 2.04 bits per heavy atom. The molecule has 2 saturated heterocycles. The van der Waals surface area contributed by atoms with Crippen molar-refractivity contribution < 1.29 is 9.47 Å². The molecule has 2 heterocycles. The second-order valence-corrected chi connectivity index (χ2v) is 6.99. The first-order chi connectivity index (χ1) is 11.1. The molecule has 128 valence electrons. The molecule has 0 aliphatic carbocycles. The number of ether oxygens (including phenoxy) is 2. The Labute approximate surface area is 139 Å². The minimum absolute atomic E-state index is 0.260. The Morgan fingerprint density at radius 1 is 1.22 bits per heavy atom. The zero-order chi connectivity index (χ0) is 16.4. The molecule has 3 rings (SSSR count). The van der Waals surface area contributed by atoms with Gasteiger partial charge in [0.25, 0.3) is 0 Å². The van der Waals surface area contributed by atoms with E-state index in [1.165, 1.54) is 5.56 Å². The summed E-state index contributed by atoms with van der Waals surface area (Å²) < 4.78 is 11.7. The summed E-state index contributed by atoms with van der Waals surface area (Å²) >= 11 is 0. The van der Waals surface area contributed by atoms with Gasteiger partial charge in [0.2, 0.25) is 0 Å². The number of benzene rings is 1. The van der Waals surface area contributed by atoms with Gasteiger partial charge in [0.1, 0.15) is 6.10 Å². The van der Waals surface area contributed by atoms with Crippen LogP contribution >= 0.6 is 0 Å². The van der Waals surface area contributed by atoms with Gasteiger partial charge in [-0.2, -0.15) is 0 Å². The molecule has 1 aromatic carbocycles. The lowest BCUT2D eigenvalue weighted by molar-refractivity contribution is 0.199. The first kappa shape index (κ1) is 16.6. The molecule has 0 aromatic heterocycles. The lowest BCUT2D eigenvalue weighted by atomic mass is 9.99. The zero-order valence-corrected chi connectivity index (χ0v) is 14.5. The van der Waals surface area contributed by atoms with Gasteiger partial charge >= 0.3 is 0 Å². The minimum Gasteiger partial charge on any atom is -0.493 e. The molecular formula is C18H29N3O2. The van der Waals surface area contributed by atoms with Crippen LogP contribution in [0.4, 0.5) is 0 Å². The fraction of sp³-hybridized carbons (Fsp3) is 0.667. The normalized spacial score (nSPS) is 29.1.